The van der Waals surface area contributed by atoms with Crippen molar-refractivity contribution in [3.8, 4) is 0 Å². The molecule has 1 amide bonds. The van der Waals surface area contributed by atoms with Crippen molar-refractivity contribution in [3.63, 3.8) is 0 Å². The molecule has 14 heavy (non-hydrogen) atoms. The van der Waals surface area contributed by atoms with Crippen LogP contribution in [0.1, 0.15) is 20.8 Å². The average Bonchev–Trinajstić information content (AvgIpc) is 2.16. The first-order chi connectivity index (χ1) is 6.61. The number of carbonyl (C=O) groups excluding carboxylic acids is 1. The van der Waals surface area contributed by atoms with E-state index in [1.807, 2.05) is 25.2 Å². The number of aliphatic hydroxyl groups is 1. The summed E-state index contributed by atoms with van der Waals surface area (Å²) in [5.41, 5.74) is 1.14. The number of allylic oxidation sites excluding steroid dienone is 3. The van der Waals surface area contributed by atoms with Gasteiger partial charge in [-0.05, 0) is 18.4 Å². The molecule has 0 aromatic rings. The smallest absolute Gasteiger partial charge is 0.245 e. The van der Waals surface area contributed by atoms with Crippen LogP contribution in [0.5, 0.6) is 0 Å². The van der Waals surface area contributed by atoms with E-state index in [2.05, 4.69) is 19.2 Å². The second kappa shape index (κ2) is 7.33. The topological polar surface area (TPSA) is 49.3 Å². The number of hydrogen-bond acceptors (Lipinski definition) is 2. The summed E-state index contributed by atoms with van der Waals surface area (Å²) >= 11 is 0. The molecule has 3 nitrogen and oxygen atoms in total. The van der Waals surface area contributed by atoms with Crippen LogP contribution >= 0.6 is 0 Å². The molecule has 80 valence electrons. The van der Waals surface area contributed by atoms with E-state index in [4.69, 9.17) is 5.11 Å². The van der Waals surface area contributed by atoms with Crippen molar-refractivity contribution >= 4 is 5.91 Å². The van der Waals surface area contributed by atoms with Gasteiger partial charge < -0.3 is 10.4 Å². The molecular weight excluding hydrogens is 178 g/mol. The lowest BCUT2D eigenvalue weighted by atomic mass is 10.0. The summed E-state index contributed by atoms with van der Waals surface area (Å²) in [6.45, 7) is 6.14. The first-order valence-electron chi connectivity index (χ1n) is 4.81. The minimum absolute atomic E-state index is 0.336. The third kappa shape index (κ3) is 5.54. The highest BCUT2D eigenvalue weighted by atomic mass is 16.3. The van der Waals surface area contributed by atoms with Crippen LogP contribution in [0.2, 0.25) is 0 Å². The summed E-state index contributed by atoms with van der Waals surface area (Å²) in [6, 6.07) is 0. The fourth-order valence-corrected chi connectivity index (χ4v) is 0.932. The van der Waals surface area contributed by atoms with E-state index in [1.165, 1.54) is 0 Å². The van der Waals surface area contributed by atoms with E-state index in [1.54, 1.807) is 0 Å². The molecule has 0 aliphatic carbocycles. The molecule has 0 atom stereocenters. The zero-order valence-corrected chi connectivity index (χ0v) is 9.08. The van der Waals surface area contributed by atoms with E-state index < -0.39 is 6.61 Å². The molecule has 0 aromatic heterocycles. The second-order valence-electron chi connectivity index (χ2n) is 3.36. The normalized spacial score (nSPS) is 12.5. The van der Waals surface area contributed by atoms with E-state index in [-0.39, 0.29) is 5.91 Å². The molecule has 0 unspecified atom stereocenters. The van der Waals surface area contributed by atoms with Crippen LogP contribution < -0.4 is 5.32 Å². The molecule has 0 spiro atoms. The number of aliphatic hydroxyl groups excluding tert-OH is 1. The summed E-state index contributed by atoms with van der Waals surface area (Å²) < 4.78 is 0. The fourth-order valence-electron chi connectivity index (χ4n) is 0.932. The Bertz CT molecular complexity index is 229. The van der Waals surface area contributed by atoms with Crippen molar-refractivity contribution < 1.29 is 9.90 Å². The quantitative estimate of drug-likeness (QED) is 0.652. The van der Waals surface area contributed by atoms with E-state index in [0.717, 1.165) is 5.57 Å². The number of rotatable bonds is 5. The standard InChI is InChI=1S/C11H19NO2/c1-4-5-6-10(9(2)3)7-12-11(14)8-13/h4-6,9,13H,7-8H2,1-3H3,(H,12,14)/b5-4-,10-6-. The number of carbonyl (C=O) groups is 1. The zero-order valence-electron chi connectivity index (χ0n) is 9.08. The number of amides is 1. The number of hydrogen-bond donors (Lipinski definition) is 2. The van der Waals surface area contributed by atoms with Gasteiger partial charge in [-0.3, -0.25) is 4.79 Å². The van der Waals surface area contributed by atoms with Crippen molar-refractivity contribution in [2.75, 3.05) is 13.2 Å². The predicted molar refractivity (Wildman–Crippen MR) is 57.8 cm³/mol. The van der Waals surface area contributed by atoms with Gasteiger partial charge in [-0.2, -0.15) is 0 Å². The Labute approximate surface area is 85.5 Å². The van der Waals surface area contributed by atoms with Gasteiger partial charge in [0.1, 0.15) is 6.61 Å². The molecule has 0 aromatic carbocycles. The Morgan fingerprint density at radius 2 is 2.14 bits per heavy atom. The highest BCUT2D eigenvalue weighted by Crippen LogP contribution is 2.08. The lowest BCUT2D eigenvalue weighted by molar-refractivity contribution is -0.123. The minimum atomic E-state index is -0.449. The first-order valence-corrected chi connectivity index (χ1v) is 4.81. The molecule has 3 heteroatoms. The average molecular weight is 197 g/mol. The van der Waals surface area contributed by atoms with Gasteiger partial charge in [-0.15, -0.1) is 0 Å². The lowest BCUT2D eigenvalue weighted by Gasteiger charge is -2.11. The summed E-state index contributed by atoms with van der Waals surface area (Å²) in [5, 5.41) is 11.1. The monoisotopic (exact) mass is 197 g/mol. The molecular formula is C11H19NO2. The van der Waals surface area contributed by atoms with Crippen molar-refractivity contribution in [1.29, 1.82) is 0 Å². The van der Waals surface area contributed by atoms with Gasteiger partial charge in [0.2, 0.25) is 5.91 Å². The molecule has 0 heterocycles. The van der Waals surface area contributed by atoms with Gasteiger partial charge >= 0.3 is 0 Å². The Hall–Kier alpha value is -1.09. The minimum Gasteiger partial charge on any atom is -0.387 e. The largest absolute Gasteiger partial charge is 0.387 e. The van der Waals surface area contributed by atoms with Crippen molar-refractivity contribution in [2.45, 2.75) is 20.8 Å². The second-order valence-corrected chi connectivity index (χ2v) is 3.36. The van der Waals surface area contributed by atoms with Crippen molar-refractivity contribution in [1.82, 2.24) is 5.32 Å². The van der Waals surface area contributed by atoms with Crippen LogP contribution in [-0.2, 0) is 4.79 Å². The first kappa shape index (κ1) is 12.9. The van der Waals surface area contributed by atoms with Crippen LogP contribution in [-0.4, -0.2) is 24.2 Å². The van der Waals surface area contributed by atoms with Gasteiger partial charge in [-0.1, -0.05) is 32.1 Å². The van der Waals surface area contributed by atoms with Gasteiger partial charge in [0.25, 0.3) is 0 Å². The number of nitrogens with one attached hydrogen (secondary N) is 1. The van der Waals surface area contributed by atoms with Gasteiger partial charge in [0.15, 0.2) is 0 Å². The SMILES string of the molecule is C/C=C\C=C(\CNC(=O)CO)C(C)C. The molecule has 0 aliphatic rings. The Balaban J connectivity index is 4.17. The maximum absolute atomic E-state index is 10.8. The van der Waals surface area contributed by atoms with Gasteiger partial charge in [0.05, 0.1) is 0 Å². The molecule has 2 N–H and O–H groups in total. The predicted octanol–water partition coefficient (Wildman–Crippen LogP) is 1.25. The van der Waals surface area contributed by atoms with Crippen LogP contribution in [0.15, 0.2) is 23.8 Å². The Morgan fingerprint density at radius 3 is 2.57 bits per heavy atom. The van der Waals surface area contributed by atoms with Crippen LogP contribution in [0.3, 0.4) is 0 Å². The summed E-state index contributed by atoms with van der Waals surface area (Å²) in [5.74, 6) is 0.0576. The highest BCUT2D eigenvalue weighted by molar-refractivity contribution is 5.77. The molecule has 0 radical (unpaired) electrons. The molecule has 0 saturated carbocycles. The van der Waals surface area contributed by atoms with E-state index in [9.17, 15) is 4.79 Å². The lowest BCUT2D eigenvalue weighted by Crippen LogP contribution is -2.29. The van der Waals surface area contributed by atoms with Gasteiger partial charge in [0, 0.05) is 6.54 Å². The Kier molecular flexibility index (Phi) is 6.76. The maximum Gasteiger partial charge on any atom is 0.245 e. The maximum atomic E-state index is 10.8. The fraction of sp³-hybridized carbons (Fsp3) is 0.545. The van der Waals surface area contributed by atoms with E-state index in [0.29, 0.717) is 12.5 Å². The highest BCUT2D eigenvalue weighted by Gasteiger charge is 2.04. The third-order valence-electron chi connectivity index (χ3n) is 1.88. The van der Waals surface area contributed by atoms with E-state index >= 15 is 0 Å². The zero-order chi connectivity index (χ0) is 11.0. The van der Waals surface area contributed by atoms with Crippen molar-refractivity contribution in [3.05, 3.63) is 23.8 Å². The summed E-state index contributed by atoms with van der Waals surface area (Å²) in [7, 11) is 0. The molecule has 0 saturated heterocycles. The Morgan fingerprint density at radius 1 is 1.50 bits per heavy atom. The summed E-state index contributed by atoms with van der Waals surface area (Å²) in [4.78, 5) is 10.8. The van der Waals surface area contributed by atoms with Gasteiger partial charge in [-0.25, -0.2) is 0 Å². The molecule has 0 aliphatic heterocycles. The van der Waals surface area contributed by atoms with Crippen LogP contribution in [0, 0.1) is 5.92 Å². The van der Waals surface area contributed by atoms with Crippen LogP contribution in [0.4, 0.5) is 0 Å². The van der Waals surface area contributed by atoms with Crippen molar-refractivity contribution in [2.24, 2.45) is 5.92 Å². The molecule has 0 rings (SSSR count). The summed E-state index contributed by atoms with van der Waals surface area (Å²) in [6.07, 6.45) is 5.87. The molecule has 0 fully saturated rings. The third-order valence-corrected chi connectivity index (χ3v) is 1.88. The molecule has 0 bridgehead atoms. The van der Waals surface area contributed by atoms with Crippen LogP contribution in [0.25, 0.3) is 0 Å².